The smallest absolute Gasteiger partial charge is 0.281 e. The van der Waals surface area contributed by atoms with Gasteiger partial charge in [-0.25, -0.2) is 4.39 Å². The molecule has 0 aromatic rings. The number of rotatable bonds is 5. The molecule has 0 radical (unpaired) electrons. The average molecular weight is 216 g/mol. The number of ether oxygens (including phenoxy) is 2. The van der Waals surface area contributed by atoms with Crippen molar-refractivity contribution >= 4 is 0 Å². The molecule has 0 saturated heterocycles. The molecule has 80 valence electrons. The van der Waals surface area contributed by atoms with Gasteiger partial charge in [-0.2, -0.15) is 26.3 Å². The zero-order valence-electron chi connectivity index (χ0n) is 5.75. The number of alkyl halides is 7. The minimum Gasteiger partial charge on any atom is -0.281 e. The molecule has 9 heteroatoms. The Kier molecular flexibility index (Phi) is 3.91. The van der Waals surface area contributed by atoms with Gasteiger partial charge in [-0.3, -0.25) is 9.47 Å². The maximum absolute atomic E-state index is 11.9. The second-order valence-corrected chi connectivity index (χ2v) is 1.67. The van der Waals surface area contributed by atoms with Crippen molar-refractivity contribution in [2.45, 2.75) is 18.8 Å². The first-order valence-corrected chi connectivity index (χ1v) is 2.64. The van der Waals surface area contributed by atoms with E-state index in [2.05, 4.69) is 9.47 Å². The summed E-state index contributed by atoms with van der Waals surface area (Å²) in [6.45, 7) is -6.38. The molecule has 0 spiro atoms. The summed E-state index contributed by atoms with van der Waals surface area (Å²) in [7, 11) is 0. The molecule has 2 nitrogen and oxygen atoms in total. The van der Waals surface area contributed by atoms with Gasteiger partial charge in [0.05, 0.1) is 0 Å². The van der Waals surface area contributed by atoms with E-state index < -0.39 is 25.7 Å². The van der Waals surface area contributed by atoms with Crippen LogP contribution in [0.25, 0.3) is 0 Å². The Hall–Kier alpha value is -0.570. The predicted octanol–water partition coefficient (Wildman–Crippen LogP) is 2.35. The molecule has 0 fully saturated rings. The zero-order valence-corrected chi connectivity index (χ0v) is 5.75. The first-order chi connectivity index (χ1) is 5.73. The average Bonchev–Trinajstić information content (AvgIpc) is 1.82. The fraction of sp³-hybridized carbons (Fsp3) is 1.00. The van der Waals surface area contributed by atoms with Gasteiger partial charge >= 0.3 is 18.8 Å². The van der Waals surface area contributed by atoms with Gasteiger partial charge < -0.3 is 0 Å². The van der Waals surface area contributed by atoms with Crippen LogP contribution in [0.15, 0.2) is 0 Å². The highest BCUT2D eigenvalue weighted by atomic mass is 19.3. The SMILES string of the molecule is FCOC(F)(F)C(F)(F)OC(F)F. The van der Waals surface area contributed by atoms with Crippen molar-refractivity contribution in [3.63, 3.8) is 0 Å². The van der Waals surface area contributed by atoms with Gasteiger partial charge in [0.1, 0.15) is 0 Å². The van der Waals surface area contributed by atoms with Gasteiger partial charge in [0.15, 0.2) is 6.86 Å². The maximum atomic E-state index is 11.9. The minimum absolute atomic E-state index is 2.25. The van der Waals surface area contributed by atoms with E-state index in [1.54, 1.807) is 0 Å². The largest absolute Gasteiger partial charge is 0.452 e. The Labute approximate surface area is 67.2 Å². The molecule has 0 bridgehead atoms. The molecule has 0 heterocycles. The molecule has 0 aliphatic carbocycles. The van der Waals surface area contributed by atoms with Crippen LogP contribution in [0.4, 0.5) is 30.7 Å². The second-order valence-electron chi connectivity index (χ2n) is 1.67. The Morgan fingerprint density at radius 3 is 1.77 bits per heavy atom. The summed E-state index contributed by atoms with van der Waals surface area (Å²) in [5.41, 5.74) is 0. The van der Waals surface area contributed by atoms with E-state index >= 15 is 0 Å². The van der Waals surface area contributed by atoms with Gasteiger partial charge in [0, 0.05) is 0 Å². The lowest BCUT2D eigenvalue weighted by atomic mass is 10.6. The van der Waals surface area contributed by atoms with Crippen LogP contribution in [0.1, 0.15) is 0 Å². The van der Waals surface area contributed by atoms with Crippen LogP contribution in [0.2, 0.25) is 0 Å². The summed E-state index contributed by atoms with van der Waals surface area (Å²) in [5.74, 6) is 0. The predicted molar refractivity (Wildman–Crippen MR) is 24.0 cm³/mol. The van der Waals surface area contributed by atoms with Crippen molar-refractivity contribution in [2.75, 3.05) is 6.86 Å². The Morgan fingerprint density at radius 1 is 1.00 bits per heavy atom. The van der Waals surface area contributed by atoms with Crippen LogP contribution in [0, 0.1) is 0 Å². The first kappa shape index (κ1) is 12.4. The van der Waals surface area contributed by atoms with Crippen molar-refractivity contribution in [2.24, 2.45) is 0 Å². The highest BCUT2D eigenvalue weighted by Gasteiger charge is 2.61. The van der Waals surface area contributed by atoms with E-state index in [1.165, 1.54) is 0 Å². The lowest BCUT2D eigenvalue weighted by Crippen LogP contribution is -2.45. The van der Waals surface area contributed by atoms with E-state index in [0.29, 0.717) is 0 Å². The molecule has 0 aliphatic heterocycles. The number of hydrogen-bond acceptors (Lipinski definition) is 2. The molecule has 0 saturated carbocycles. The molecule has 0 aromatic carbocycles. The van der Waals surface area contributed by atoms with Crippen molar-refractivity contribution in [1.29, 1.82) is 0 Å². The molecule has 0 amide bonds. The topological polar surface area (TPSA) is 18.5 Å². The van der Waals surface area contributed by atoms with Gasteiger partial charge in [-0.15, -0.1) is 0 Å². The summed E-state index contributed by atoms with van der Waals surface area (Å²) >= 11 is 0. The summed E-state index contributed by atoms with van der Waals surface area (Å²) in [5, 5.41) is 0. The molecule has 0 N–H and O–H groups in total. The number of hydrogen-bond donors (Lipinski definition) is 0. The molecular weight excluding hydrogens is 213 g/mol. The third kappa shape index (κ3) is 3.35. The summed E-state index contributed by atoms with van der Waals surface area (Å²) in [6.07, 6.45) is -11.0. The molecule has 13 heavy (non-hydrogen) atoms. The summed E-state index contributed by atoms with van der Waals surface area (Å²) < 4.78 is 85.7. The molecule has 0 aliphatic rings. The van der Waals surface area contributed by atoms with Crippen LogP contribution in [-0.2, 0) is 9.47 Å². The fourth-order valence-corrected chi connectivity index (χ4v) is 0.333. The van der Waals surface area contributed by atoms with Gasteiger partial charge in [-0.1, -0.05) is 0 Å². The monoisotopic (exact) mass is 216 g/mol. The minimum atomic E-state index is -5.58. The maximum Gasteiger partial charge on any atom is 0.452 e. The fourth-order valence-electron chi connectivity index (χ4n) is 0.333. The Balaban J connectivity index is 4.40. The van der Waals surface area contributed by atoms with Crippen molar-refractivity contribution in [3.8, 4) is 0 Å². The Morgan fingerprint density at radius 2 is 1.46 bits per heavy atom. The third-order valence-electron chi connectivity index (χ3n) is 0.812. The van der Waals surface area contributed by atoms with E-state index in [1.807, 2.05) is 0 Å². The van der Waals surface area contributed by atoms with E-state index in [-0.39, 0.29) is 0 Å². The Bertz CT molecular complexity index is 159. The van der Waals surface area contributed by atoms with Crippen LogP contribution in [-0.4, -0.2) is 25.7 Å². The van der Waals surface area contributed by atoms with Gasteiger partial charge in [0.2, 0.25) is 0 Å². The molecular formula is C4H3F7O2. The van der Waals surface area contributed by atoms with E-state index in [4.69, 9.17) is 0 Å². The van der Waals surface area contributed by atoms with Crippen LogP contribution in [0.3, 0.4) is 0 Å². The van der Waals surface area contributed by atoms with E-state index in [9.17, 15) is 30.7 Å². The molecule has 0 rings (SSSR count). The van der Waals surface area contributed by atoms with Crippen molar-refractivity contribution in [3.05, 3.63) is 0 Å². The van der Waals surface area contributed by atoms with Crippen LogP contribution in [0.5, 0.6) is 0 Å². The highest BCUT2D eigenvalue weighted by molar-refractivity contribution is 4.65. The van der Waals surface area contributed by atoms with Gasteiger partial charge in [-0.05, 0) is 0 Å². The molecule has 0 atom stereocenters. The summed E-state index contributed by atoms with van der Waals surface area (Å²) in [6, 6.07) is 0. The standard InChI is InChI=1S/C4H3F7O2/c5-1-12-3(8,9)4(10,11)13-2(6)7/h2H,1H2. The number of halogens is 7. The van der Waals surface area contributed by atoms with Crippen molar-refractivity contribution in [1.82, 2.24) is 0 Å². The molecule has 0 aromatic heterocycles. The normalized spacial score (nSPS) is 13.8. The lowest BCUT2D eigenvalue weighted by Gasteiger charge is -2.23. The first-order valence-electron chi connectivity index (χ1n) is 2.64. The zero-order chi connectivity index (χ0) is 10.7. The van der Waals surface area contributed by atoms with E-state index in [0.717, 1.165) is 0 Å². The summed E-state index contributed by atoms with van der Waals surface area (Å²) in [4.78, 5) is 0. The van der Waals surface area contributed by atoms with Gasteiger partial charge in [0.25, 0.3) is 0 Å². The van der Waals surface area contributed by atoms with Crippen LogP contribution >= 0.6 is 0 Å². The lowest BCUT2D eigenvalue weighted by molar-refractivity contribution is -0.461. The van der Waals surface area contributed by atoms with Crippen molar-refractivity contribution < 1.29 is 40.2 Å². The second kappa shape index (κ2) is 4.09. The highest BCUT2D eigenvalue weighted by Crippen LogP contribution is 2.37. The van der Waals surface area contributed by atoms with Crippen LogP contribution < -0.4 is 0 Å². The third-order valence-corrected chi connectivity index (χ3v) is 0.812. The molecule has 0 unspecified atom stereocenters. The quantitative estimate of drug-likeness (QED) is 0.656.